The Morgan fingerprint density at radius 3 is 2.71 bits per heavy atom. The SMILES string of the molecule is C=C(C)C[C@@H](N)c1cc(Cl)ccc1Cl. The third-order valence-corrected chi connectivity index (χ3v) is 2.51. The van der Waals surface area contributed by atoms with Gasteiger partial charge in [0.05, 0.1) is 0 Å². The van der Waals surface area contributed by atoms with Gasteiger partial charge in [0.25, 0.3) is 0 Å². The minimum Gasteiger partial charge on any atom is -0.324 e. The third kappa shape index (κ3) is 3.02. The lowest BCUT2D eigenvalue weighted by atomic mass is 10.0. The maximum absolute atomic E-state index is 6.01. The topological polar surface area (TPSA) is 26.0 Å². The van der Waals surface area contributed by atoms with Gasteiger partial charge < -0.3 is 5.73 Å². The minimum absolute atomic E-state index is 0.126. The molecule has 76 valence electrons. The van der Waals surface area contributed by atoms with Gasteiger partial charge in [-0.15, -0.1) is 6.58 Å². The zero-order valence-electron chi connectivity index (χ0n) is 8.06. The summed E-state index contributed by atoms with van der Waals surface area (Å²) in [6.45, 7) is 5.76. The molecule has 1 atom stereocenters. The zero-order chi connectivity index (χ0) is 10.7. The molecule has 1 nitrogen and oxygen atoms in total. The zero-order valence-corrected chi connectivity index (χ0v) is 9.57. The lowest BCUT2D eigenvalue weighted by molar-refractivity contribution is 0.717. The van der Waals surface area contributed by atoms with E-state index in [2.05, 4.69) is 6.58 Å². The summed E-state index contributed by atoms with van der Waals surface area (Å²) in [5.41, 5.74) is 7.87. The Labute approximate surface area is 94.5 Å². The van der Waals surface area contributed by atoms with E-state index in [-0.39, 0.29) is 6.04 Å². The number of hydrogen-bond acceptors (Lipinski definition) is 1. The van der Waals surface area contributed by atoms with Crippen LogP contribution in [0.5, 0.6) is 0 Å². The van der Waals surface area contributed by atoms with Crippen LogP contribution in [0.2, 0.25) is 10.0 Å². The number of rotatable bonds is 3. The summed E-state index contributed by atoms with van der Waals surface area (Å²) in [6, 6.07) is 5.19. The highest BCUT2D eigenvalue weighted by molar-refractivity contribution is 6.33. The van der Waals surface area contributed by atoms with Crippen molar-refractivity contribution in [1.82, 2.24) is 0 Å². The Morgan fingerprint density at radius 2 is 2.14 bits per heavy atom. The second kappa shape index (κ2) is 4.83. The Bertz CT molecular complexity index is 347. The predicted molar refractivity (Wildman–Crippen MR) is 62.8 cm³/mol. The van der Waals surface area contributed by atoms with Crippen molar-refractivity contribution in [2.24, 2.45) is 5.73 Å². The smallest absolute Gasteiger partial charge is 0.0454 e. The molecule has 2 N–H and O–H groups in total. The van der Waals surface area contributed by atoms with Crippen molar-refractivity contribution in [1.29, 1.82) is 0 Å². The van der Waals surface area contributed by atoms with E-state index < -0.39 is 0 Å². The first-order valence-corrected chi connectivity index (χ1v) is 5.11. The second-order valence-corrected chi connectivity index (χ2v) is 4.28. The van der Waals surface area contributed by atoms with Crippen LogP contribution in [0.25, 0.3) is 0 Å². The Kier molecular flexibility index (Phi) is 3.99. The van der Waals surface area contributed by atoms with Crippen molar-refractivity contribution in [3.8, 4) is 0 Å². The van der Waals surface area contributed by atoms with E-state index in [0.29, 0.717) is 10.0 Å². The summed E-state index contributed by atoms with van der Waals surface area (Å²) in [5.74, 6) is 0. The van der Waals surface area contributed by atoms with E-state index in [1.807, 2.05) is 6.92 Å². The van der Waals surface area contributed by atoms with Gasteiger partial charge in [0.2, 0.25) is 0 Å². The lowest BCUT2D eigenvalue weighted by Crippen LogP contribution is -2.10. The maximum atomic E-state index is 6.01. The summed E-state index contributed by atoms with van der Waals surface area (Å²) >= 11 is 11.9. The monoisotopic (exact) mass is 229 g/mol. The molecule has 0 saturated heterocycles. The quantitative estimate of drug-likeness (QED) is 0.781. The van der Waals surface area contributed by atoms with Crippen molar-refractivity contribution >= 4 is 23.2 Å². The molecule has 1 aromatic rings. The normalized spacial score (nSPS) is 12.6. The molecular weight excluding hydrogens is 217 g/mol. The highest BCUT2D eigenvalue weighted by atomic mass is 35.5. The van der Waals surface area contributed by atoms with Crippen LogP contribution < -0.4 is 5.73 Å². The van der Waals surface area contributed by atoms with Gasteiger partial charge in [0, 0.05) is 16.1 Å². The average Bonchev–Trinajstić information content (AvgIpc) is 2.08. The van der Waals surface area contributed by atoms with Crippen molar-refractivity contribution in [3.63, 3.8) is 0 Å². The van der Waals surface area contributed by atoms with E-state index in [9.17, 15) is 0 Å². The molecule has 1 rings (SSSR count). The third-order valence-electron chi connectivity index (χ3n) is 1.93. The molecule has 0 aromatic heterocycles. The minimum atomic E-state index is -0.126. The van der Waals surface area contributed by atoms with Crippen LogP contribution in [0, 0.1) is 0 Å². The van der Waals surface area contributed by atoms with Crippen molar-refractivity contribution in [2.75, 3.05) is 0 Å². The first-order chi connectivity index (χ1) is 6.50. The van der Waals surface area contributed by atoms with E-state index in [1.54, 1.807) is 18.2 Å². The van der Waals surface area contributed by atoms with Gasteiger partial charge in [0.15, 0.2) is 0 Å². The van der Waals surface area contributed by atoms with Crippen LogP contribution >= 0.6 is 23.2 Å². The largest absolute Gasteiger partial charge is 0.324 e. The molecular formula is C11H13Cl2N. The summed E-state index contributed by atoms with van der Waals surface area (Å²) in [7, 11) is 0. The van der Waals surface area contributed by atoms with Crippen molar-refractivity contribution in [2.45, 2.75) is 19.4 Å². The summed E-state index contributed by atoms with van der Waals surface area (Å²) < 4.78 is 0. The molecule has 0 amide bonds. The van der Waals surface area contributed by atoms with Gasteiger partial charge in [-0.1, -0.05) is 28.8 Å². The molecule has 0 fully saturated rings. The van der Waals surface area contributed by atoms with Crippen molar-refractivity contribution < 1.29 is 0 Å². The molecule has 0 aliphatic heterocycles. The van der Waals surface area contributed by atoms with E-state index in [1.165, 1.54) is 0 Å². The Balaban J connectivity index is 2.93. The fraction of sp³-hybridized carbons (Fsp3) is 0.273. The molecule has 0 aliphatic rings. The Morgan fingerprint density at radius 1 is 1.50 bits per heavy atom. The van der Waals surface area contributed by atoms with Gasteiger partial charge >= 0.3 is 0 Å². The molecule has 0 heterocycles. The highest BCUT2D eigenvalue weighted by Gasteiger charge is 2.10. The number of nitrogens with two attached hydrogens (primary N) is 1. The molecule has 3 heteroatoms. The molecule has 0 unspecified atom stereocenters. The fourth-order valence-corrected chi connectivity index (χ4v) is 1.72. The standard InChI is InChI=1S/C11H13Cl2N/c1-7(2)5-11(14)9-6-8(12)3-4-10(9)13/h3-4,6,11H,1,5,14H2,2H3/t11-/m1/s1. The highest BCUT2D eigenvalue weighted by Crippen LogP contribution is 2.27. The number of benzene rings is 1. The first kappa shape index (κ1) is 11.6. The molecule has 0 spiro atoms. The maximum Gasteiger partial charge on any atom is 0.0454 e. The second-order valence-electron chi connectivity index (χ2n) is 3.43. The van der Waals surface area contributed by atoms with Crippen LogP contribution in [0.15, 0.2) is 30.4 Å². The molecule has 0 bridgehead atoms. The van der Waals surface area contributed by atoms with Gasteiger partial charge in [-0.05, 0) is 37.1 Å². The van der Waals surface area contributed by atoms with Crippen molar-refractivity contribution in [3.05, 3.63) is 46.0 Å². The van der Waals surface area contributed by atoms with Gasteiger partial charge in [0.1, 0.15) is 0 Å². The predicted octanol–water partition coefficient (Wildman–Crippen LogP) is 3.96. The van der Waals surface area contributed by atoms with E-state index >= 15 is 0 Å². The molecule has 0 saturated carbocycles. The first-order valence-electron chi connectivity index (χ1n) is 4.35. The fourth-order valence-electron chi connectivity index (χ4n) is 1.28. The van der Waals surface area contributed by atoms with Crippen LogP contribution in [0.1, 0.15) is 24.9 Å². The van der Waals surface area contributed by atoms with Gasteiger partial charge in [-0.3, -0.25) is 0 Å². The molecule has 14 heavy (non-hydrogen) atoms. The summed E-state index contributed by atoms with van der Waals surface area (Å²) in [5, 5.41) is 1.31. The van der Waals surface area contributed by atoms with E-state index in [0.717, 1.165) is 17.6 Å². The number of hydrogen-bond donors (Lipinski definition) is 1. The lowest BCUT2D eigenvalue weighted by Gasteiger charge is -2.13. The van der Waals surface area contributed by atoms with E-state index in [4.69, 9.17) is 28.9 Å². The summed E-state index contributed by atoms with van der Waals surface area (Å²) in [4.78, 5) is 0. The van der Waals surface area contributed by atoms with Crippen LogP contribution in [0.4, 0.5) is 0 Å². The average molecular weight is 230 g/mol. The van der Waals surface area contributed by atoms with Crippen LogP contribution in [-0.4, -0.2) is 0 Å². The van der Waals surface area contributed by atoms with Gasteiger partial charge in [-0.25, -0.2) is 0 Å². The Hall–Kier alpha value is -0.500. The molecule has 0 radical (unpaired) electrons. The van der Waals surface area contributed by atoms with Crippen LogP contribution in [0.3, 0.4) is 0 Å². The molecule has 1 aromatic carbocycles. The number of halogens is 2. The molecule has 0 aliphatic carbocycles. The van der Waals surface area contributed by atoms with Gasteiger partial charge in [-0.2, -0.15) is 0 Å². The summed E-state index contributed by atoms with van der Waals surface area (Å²) in [6.07, 6.45) is 0.722. The van der Waals surface area contributed by atoms with Crippen LogP contribution in [-0.2, 0) is 0 Å².